The van der Waals surface area contributed by atoms with Crippen molar-refractivity contribution in [3.63, 3.8) is 0 Å². The third kappa shape index (κ3) is 1.59. The maximum absolute atomic E-state index is 11.9. The van der Waals surface area contributed by atoms with Gasteiger partial charge in [0.1, 0.15) is 0 Å². The molecule has 2 heterocycles. The smallest absolute Gasteiger partial charge is 0.257 e. The molecule has 0 aromatic rings. The molecular formula is C11H16N2O2. The second-order valence-electron chi connectivity index (χ2n) is 4.21. The summed E-state index contributed by atoms with van der Waals surface area (Å²) in [6.07, 6.45) is 1.75. The standard InChI is InChI=1S/C11H16N2O2/c1-7-8(2)11(15)13(10(7)14)9-3-5-12-6-4-9/h9,12H,3-6H2,1-2H3. The molecule has 0 aromatic carbocycles. The number of rotatable bonds is 1. The lowest BCUT2D eigenvalue weighted by Crippen LogP contribution is -2.46. The molecule has 2 aliphatic rings. The Balaban J connectivity index is 2.18. The van der Waals surface area contributed by atoms with Crippen molar-refractivity contribution in [2.45, 2.75) is 32.7 Å². The Hall–Kier alpha value is -1.16. The monoisotopic (exact) mass is 208 g/mol. The van der Waals surface area contributed by atoms with Crippen molar-refractivity contribution >= 4 is 11.8 Å². The molecule has 0 unspecified atom stereocenters. The second kappa shape index (κ2) is 3.77. The first-order chi connectivity index (χ1) is 7.13. The van der Waals surface area contributed by atoms with Crippen LogP contribution in [0, 0.1) is 0 Å². The number of hydrogen-bond acceptors (Lipinski definition) is 3. The van der Waals surface area contributed by atoms with Gasteiger partial charge in [0.2, 0.25) is 0 Å². The number of piperidine rings is 1. The highest BCUT2D eigenvalue weighted by atomic mass is 16.2. The predicted octanol–water partition coefficient (Wildman–Crippen LogP) is 0.444. The number of carbonyl (C=O) groups is 2. The highest BCUT2D eigenvalue weighted by Crippen LogP contribution is 2.25. The summed E-state index contributed by atoms with van der Waals surface area (Å²) in [7, 11) is 0. The van der Waals surface area contributed by atoms with E-state index in [1.165, 1.54) is 4.90 Å². The fourth-order valence-corrected chi connectivity index (χ4v) is 2.17. The Kier molecular flexibility index (Phi) is 2.61. The van der Waals surface area contributed by atoms with Gasteiger partial charge in [-0.15, -0.1) is 0 Å². The minimum atomic E-state index is -0.0931. The van der Waals surface area contributed by atoms with Crippen LogP contribution in [0.2, 0.25) is 0 Å². The summed E-state index contributed by atoms with van der Waals surface area (Å²) in [6, 6.07) is 0.0960. The SMILES string of the molecule is CC1=C(C)C(=O)N(C2CCNCC2)C1=O. The van der Waals surface area contributed by atoms with Gasteiger partial charge in [-0.05, 0) is 39.8 Å². The molecular weight excluding hydrogens is 192 g/mol. The molecule has 0 atom stereocenters. The first-order valence-electron chi connectivity index (χ1n) is 5.39. The molecule has 2 rings (SSSR count). The van der Waals surface area contributed by atoms with Crippen LogP contribution in [-0.2, 0) is 9.59 Å². The van der Waals surface area contributed by atoms with E-state index in [0.717, 1.165) is 25.9 Å². The Bertz CT molecular complexity index is 316. The Morgan fingerprint density at radius 2 is 1.53 bits per heavy atom. The van der Waals surface area contributed by atoms with Gasteiger partial charge in [-0.3, -0.25) is 14.5 Å². The van der Waals surface area contributed by atoms with Gasteiger partial charge in [-0.1, -0.05) is 0 Å². The largest absolute Gasteiger partial charge is 0.317 e. The predicted molar refractivity (Wildman–Crippen MR) is 56.1 cm³/mol. The third-order valence-corrected chi connectivity index (χ3v) is 3.32. The van der Waals surface area contributed by atoms with Crippen molar-refractivity contribution in [3.05, 3.63) is 11.1 Å². The number of imide groups is 1. The minimum absolute atomic E-state index is 0.0931. The van der Waals surface area contributed by atoms with Gasteiger partial charge in [0.05, 0.1) is 0 Å². The minimum Gasteiger partial charge on any atom is -0.317 e. The zero-order valence-corrected chi connectivity index (χ0v) is 9.17. The average Bonchev–Trinajstić information content (AvgIpc) is 2.45. The van der Waals surface area contributed by atoms with Crippen LogP contribution in [0.3, 0.4) is 0 Å². The topological polar surface area (TPSA) is 49.4 Å². The molecule has 2 aliphatic heterocycles. The van der Waals surface area contributed by atoms with Crippen molar-refractivity contribution in [1.82, 2.24) is 10.2 Å². The fourth-order valence-electron chi connectivity index (χ4n) is 2.17. The average molecular weight is 208 g/mol. The number of nitrogens with zero attached hydrogens (tertiary/aromatic N) is 1. The van der Waals surface area contributed by atoms with Crippen LogP contribution in [0.15, 0.2) is 11.1 Å². The van der Waals surface area contributed by atoms with E-state index >= 15 is 0 Å². The van der Waals surface area contributed by atoms with Crippen LogP contribution in [0.4, 0.5) is 0 Å². The van der Waals surface area contributed by atoms with E-state index in [1.54, 1.807) is 13.8 Å². The molecule has 82 valence electrons. The van der Waals surface area contributed by atoms with E-state index in [1.807, 2.05) is 0 Å². The third-order valence-electron chi connectivity index (χ3n) is 3.32. The van der Waals surface area contributed by atoms with Crippen LogP contribution in [0.5, 0.6) is 0 Å². The first-order valence-corrected chi connectivity index (χ1v) is 5.39. The van der Waals surface area contributed by atoms with Gasteiger partial charge in [-0.25, -0.2) is 0 Å². The number of hydrogen-bond donors (Lipinski definition) is 1. The molecule has 0 saturated carbocycles. The molecule has 1 saturated heterocycles. The zero-order valence-electron chi connectivity index (χ0n) is 9.17. The van der Waals surface area contributed by atoms with E-state index in [2.05, 4.69) is 5.32 Å². The highest BCUT2D eigenvalue weighted by molar-refractivity contribution is 6.18. The first kappa shape index (κ1) is 10.4. The van der Waals surface area contributed by atoms with Crippen LogP contribution < -0.4 is 5.32 Å². The van der Waals surface area contributed by atoms with E-state index in [0.29, 0.717) is 11.1 Å². The van der Waals surface area contributed by atoms with E-state index in [9.17, 15) is 9.59 Å². The van der Waals surface area contributed by atoms with Gasteiger partial charge in [0, 0.05) is 17.2 Å². The van der Waals surface area contributed by atoms with Gasteiger partial charge in [-0.2, -0.15) is 0 Å². The summed E-state index contributed by atoms with van der Waals surface area (Å²) < 4.78 is 0. The molecule has 0 spiro atoms. The Morgan fingerprint density at radius 1 is 1.07 bits per heavy atom. The highest BCUT2D eigenvalue weighted by Gasteiger charge is 2.38. The van der Waals surface area contributed by atoms with Gasteiger partial charge < -0.3 is 5.32 Å². The van der Waals surface area contributed by atoms with Crippen LogP contribution >= 0.6 is 0 Å². The Labute approximate surface area is 89.3 Å². The lowest BCUT2D eigenvalue weighted by Gasteiger charge is -2.30. The molecule has 2 amide bonds. The summed E-state index contributed by atoms with van der Waals surface area (Å²) in [4.78, 5) is 25.2. The summed E-state index contributed by atoms with van der Waals surface area (Å²) in [5.74, 6) is -0.186. The zero-order chi connectivity index (χ0) is 11.0. The summed E-state index contributed by atoms with van der Waals surface area (Å²) in [6.45, 7) is 5.24. The van der Waals surface area contributed by atoms with Crippen molar-refractivity contribution in [1.29, 1.82) is 0 Å². The molecule has 0 aliphatic carbocycles. The molecule has 15 heavy (non-hydrogen) atoms. The molecule has 0 bridgehead atoms. The van der Waals surface area contributed by atoms with Crippen molar-refractivity contribution in [2.24, 2.45) is 0 Å². The lowest BCUT2D eigenvalue weighted by molar-refractivity contribution is -0.140. The van der Waals surface area contributed by atoms with Gasteiger partial charge in [0.15, 0.2) is 0 Å². The number of nitrogens with one attached hydrogen (secondary N) is 1. The van der Waals surface area contributed by atoms with Crippen LogP contribution in [0.1, 0.15) is 26.7 Å². The maximum Gasteiger partial charge on any atom is 0.257 e. The number of carbonyl (C=O) groups excluding carboxylic acids is 2. The molecule has 0 aromatic heterocycles. The number of amides is 2. The summed E-state index contributed by atoms with van der Waals surface area (Å²) in [5.41, 5.74) is 1.22. The fraction of sp³-hybridized carbons (Fsp3) is 0.636. The Morgan fingerprint density at radius 3 is 2.00 bits per heavy atom. The second-order valence-corrected chi connectivity index (χ2v) is 4.21. The lowest BCUT2D eigenvalue weighted by atomic mass is 10.1. The normalized spacial score (nSPS) is 24.3. The van der Waals surface area contributed by atoms with E-state index < -0.39 is 0 Å². The van der Waals surface area contributed by atoms with Crippen molar-refractivity contribution in [3.8, 4) is 0 Å². The molecule has 4 nitrogen and oxygen atoms in total. The molecule has 0 radical (unpaired) electrons. The van der Waals surface area contributed by atoms with E-state index in [-0.39, 0.29) is 17.9 Å². The summed E-state index contributed by atoms with van der Waals surface area (Å²) >= 11 is 0. The maximum atomic E-state index is 11.9. The van der Waals surface area contributed by atoms with Gasteiger partial charge in [0.25, 0.3) is 11.8 Å². The molecule has 1 fully saturated rings. The van der Waals surface area contributed by atoms with Crippen molar-refractivity contribution < 1.29 is 9.59 Å². The van der Waals surface area contributed by atoms with Crippen LogP contribution in [0.25, 0.3) is 0 Å². The van der Waals surface area contributed by atoms with Crippen LogP contribution in [-0.4, -0.2) is 35.8 Å². The summed E-state index contributed by atoms with van der Waals surface area (Å²) in [5, 5.41) is 3.23. The molecule has 1 N–H and O–H groups in total. The van der Waals surface area contributed by atoms with E-state index in [4.69, 9.17) is 0 Å². The van der Waals surface area contributed by atoms with Gasteiger partial charge >= 0.3 is 0 Å². The molecule has 4 heteroatoms. The quantitative estimate of drug-likeness (QED) is 0.636. The van der Waals surface area contributed by atoms with Crippen molar-refractivity contribution in [2.75, 3.05) is 13.1 Å².